The molecule has 0 amide bonds. The number of hydrogen-bond donors (Lipinski definition) is 1. The molecule has 0 radical (unpaired) electrons. The van der Waals surface area contributed by atoms with E-state index in [1.54, 1.807) is 16.0 Å². The molecule has 0 unspecified atom stereocenters. The Kier molecular flexibility index (Phi) is 3.20. The molecule has 0 spiro atoms. The highest BCUT2D eigenvalue weighted by Crippen LogP contribution is 2.16. The molecule has 2 heterocycles. The van der Waals surface area contributed by atoms with Crippen LogP contribution in [0, 0.1) is 6.92 Å². The average Bonchev–Trinajstić information content (AvgIpc) is 3.08. The van der Waals surface area contributed by atoms with Crippen molar-refractivity contribution in [1.29, 1.82) is 0 Å². The van der Waals surface area contributed by atoms with Gasteiger partial charge >= 0.3 is 0 Å². The summed E-state index contributed by atoms with van der Waals surface area (Å²) in [5.41, 5.74) is 3.80. The van der Waals surface area contributed by atoms with Crippen LogP contribution >= 0.6 is 11.3 Å². The van der Waals surface area contributed by atoms with Gasteiger partial charge < -0.3 is 5.32 Å². The van der Waals surface area contributed by atoms with E-state index in [-0.39, 0.29) is 0 Å². The molecule has 0 saturated carbocycles. The zero-order chi connectivity index (χ0) is 13.1. The Balaban J connectivity index is 1.78. The summed E-state index contributed by atoms with van der Waals surface area (Å²) in [4.78, 5) is 5.25. The molecule has 7 heteroatoms. The van der Waals surface area contributed by atoms with Gasteiger partial charge in [-0.25, -0.2) is 0 Å². The van der Waals surface area contributed by atoms with Crippen LogP contribution in [0.1, 0.15) is 10.7 Å². The first kappa shape index (κ1) is 11.8. The van der Waals surface area contributed by atoms with Crippen molar-refractivity contribution in [3.63, 3.8) is 0 Å². The van der Waals surface area contributed by atoms with Crippen molar-refractivity contribution >= 4 is 17.0 Å². The standard InChI is InChI=1S/C12H12N6S/c1-9-15-16-17-18(9)11-4-2-3-10(5-11)14-7-12-6-13-8-19-12/h2-6,8,14H,7H2,1H3. The monoisotopic (exact) mass is 272 g/mol. The first-order valence-electron chi connectivity index (χ1n) is 5.79. The summed E-state index contributed by atoms with van der Waals surface area (Å²) in [6.45, 7) is 2.64. The van der Waals surface area contributed by atoms with E-state index in [4.69, 9.17) is 0 Å². The number of rotatable bonds is 4. The molecule has 1 N–H and O–H groups in total. The molecule has 0 aliphatic rings. The lowest BCUT2D eigenvalue weighted by atomic mass is 10.2. The molecule has 0 aliphatic heterocycles. The number of aryl methyl sites for hydroxylation is 1. The Morgan fingerprint density at radius 1 is 1.37 bits per heavy atom. The van der Waals surface area contributed by atoms with Crippen molar-refractivity contribution in [2.24, 2.45) is 0 Å². The predicted molar refractivity (Wildman–Crippen MR) is 73.3 cm³/mol. The van der Waals surface area contributed by atoms with Crippen molar-refractivity contribution in [3.05, 3.63) is 46.7 Å². The van der Waals surface area contributed by atoms with Crippen LogP contribution in [0.5, 0.6) is 0 Å². The van der Waals surface area contributed by atoms with E-state index >= 15 is 0 Å². The summed E-state index contributed by atoms with van der Waals surface area (Å²) in [5, 5.41) is 14.8. The van der Waals surface area contributed by atoms with Crippen LogP contribution in [0.3, 0.4) is 0 Å². The predicted octanol–water partition coefficient (Wildman–Crippen LogP) is 2.04. The van der Waals surface area contributed by atoms with Gasteiger partial charge in [-0.15, -0.1) is 16.4 Å². The van der Waals surface area contributed by atoms with Crippen molar-refractivity contribution < 1.29 is 0 Å². The highest BCUT2D eigenvalue weighted by Gasteiger charge is 2.04. The summed E-state index contributed by atoms with van der Waals surface area (Å²) in [6, 6.07) is 7.99. The normalized spacial score (nSPS) is 10.6. The largest absolute Gasteiger partial charge is 0.380 e. The topological polar surface area (TPSA) is 68.5 Å². The van der Waals surface area contributed by atoms with E-state index < -0.39 is 0 Å². The highest BCUT2D eigenvalue weighted by molar-refractivity contribution is 7.09. The first-order valence-corrected chi connectivity index (χ1v) is 6.67. The lowest BCUT2D eigenvalue weighted by molar-refractivity contribution is 0.779. The third kappa shape index (κ3) is 2.60. The van der Waals surface area contributed by atoms with Crippen molar-refractivity contribution in [3.8, 4) is 5.69 Å². The number of nitrogens with zero attached hydrogens (tertiary/aromatic N) is 5. The van der Waals surface area contributed by atoms with Crippen LogP contribution in [0.25, 0.3) is 5.69 Å². The van der Waals surface area contributed by atoms with Crippen LogP contribution in [0.2, 0.25) is 0 Å². The van der Waals surface area contributed by atoms with Gasteiger partial charge in [0.15, 0.2) is 5.82 Å². The fourth-order valence-electron chi connectivity index (χ4n) is 1.74. The van der Waals surface area contributed by atoms with E-state index in [0.717, 1.165) is 23.7 Å². The van der Waals surface area contributed by atoms with Gasteiger partial charge in [0, 0.05) is 16.8 Å². The Labute approximate surface area is 114 Å². The molecular formula is C12H12N6S. The molecule has 1 aromatic carbocycles. The molecular weight excluding hydrogens is 260 g/mol. The Bertz CT molecular complexity index is 660. The second-order valence-electron chi connectivity index (χ2n) is 4.01. The number of thiazole rings is 1. The van der Waals surface area contributed by atoms with E-state index in [1.807, 2.05) is 42.9 Å². The molecule has 3 aromatic rings. The van der Waals surface area contributed by atoms with Gasteiger partial charge in [-0.3, -0.25) is 4.98 Å². The van der Waals surface area contributed by atoms with E-state index in [2.05, 4.69) is 25.8 Å². The van der Waals surface area contributed by atoms with Gasteiger partial charge in [-0.1, -0.05) is 6.07 Å². The summed E-state index contributed by atoms with van der Waals surface area (Å²) < 4.78 is 1.71. The molecule has 6 nitrogen and oxygen atoms in total. The van der Waals surface area contributed by atoms with Crippen molar-refractivity contribution in [2.75, 3.05) is 5.32 Å². The molecule has 96 valence electrons. The molecule has 0 saturated heterocycles. The maximum absolute atomic E-state index is 4.05. The lowest BCUT2D eigenvalue weighted by Gasteiger charge is -2.07. The number of benzene rings is 1. The van der Waals surface area contributed by atoms with Crippen molar-refractivity contribution in [2.45, 2.75) is 13.5 Å². The maximum atomic E-state index is 4.05. The zero-order valence-electron chi connectivity index (χ0n) is 10.3. The third-order valence-electron chi connectivity index (χ3n) is 2.67. The minimum atomic E-state index is 0.764. The number of tetrazole rings is 1. The minimum Gasteiger partial charge on any atom is -0.380 e. The fourth-order valence-corrected chi connectivity index (χ4v) is 2.27. The summed E-state index contributed by atoms with van der Waals surface area (Å²) in [7, 11) is 0. The quantitative estimate of drug-likeness (QED) is 0.787. The molecule has 0 aliphatic carbocycles. The number of nitrogens with one attached hydrogen (secondary N) is 1. The van der Waals surface area contributed by atoms with Crippen LogP contribution in [-0.2, 0) is 6.54 Å². The molecule has 2 aromatic heterocycles. The van der Waals surface area contributed by atoms with Gasteiger partial charge in [0.05, 0.1) is 17.7 Å². The average molecular weight is 272 g/mol. The van der Waals surface area contributed by atoms with Gasteiger partial charge in [0.25, 0.3) is 0 Å². The second-order valence-corrected chi connectivity index (χ2v) is 4.98. The zero-order valence-corrected chi connectivity index (χ0v) is 11.1. The molecule has 0 fully saturated rings. The Morgan fingerprint density at radius 3 is 3.05 bits per heavy atom. The van der Waals surface area contributed by atoms with E-state index in [9.17, 15) is 0 Å². The summed E-state index contributed by atoms with van der Waals surface area (Å²) in [6.07, 6.45) is 1.87. The Morgan fingerprint density at radius 2 is 2.32 bits per heavy atom. The van der Waals surface area contributed by atoms with Crippen LogP contribution in [-0.4, -0.2) is 25.2 Å². The molecule has 0 atom stereocenters. The summed E-state index contributed by atoms with van der Waals surface area (Å²) in [5.74, 6) is 0.764. The third-order valence-corrected chi connectivity index (χ3v) is 3.45. The number of aromatic nitrogens is 5. The lowest BCUT2D eigenvalue weighted by Crippen LogP contribution is -2.02. The maximum Gasteiger partial charge on any atom is 0.153 e. The Hall–Kier alpha value is -2.28. The smallest absolute Gasteiger partial charge is 0.153 e. The number of anilines is 1. The first-order chi connectivity index (χ1) is 9.33. The highest BCUT2D eigenvalue weighted by atomic mass is 32.1. The van der Waals surface area contributed by atoms with Gasteiger partial charge in [-0.05, 0) is 35.5 Å². The molecule has 19 heavy (non-hydrogen) atoms. The van der Waals surface area contributed by atoms with Gasteiger partial charge in [-0.2, -0.15) is 4.68 Å². The minimum absolute atomic E-state index is 0.764. The number of hydrogen-bond acceptors (Lipinski definition) is 6. The van der Waals surface area contributed by atoms with Gasteiger partial charge in [0.1, 0.15) is 0 Å². The fraction of sp³-hybridized carbons (Fsp3) is 0.167. The van der Waals surface area contributed by atoms with Crippen LogP contribution < -0.4 is 5.32 Å². The van der Waals surface area contributed by atoms with E-state index in [0.29, 0.717) is 0 Å². The van der Waals surface area contributed by atoms with Crippen LogP contribution in [0.4, 0.5) is 5.69 Å². The van der Waals surface area contributed by atoms with E-state index in [1.165, 1.54) is 4.88 Å². The van der Waals surface area contributed by atoms with Crippen LogP contribution in [0.15, 0.2) is 36.0 Å². The molecule has 0 bridgehead atoms. The SMILES string of the molecule is Cc1nnnn1-c1cccc(NCc2cncs2)c1. The van der Waals surface area contributed by atoms with Crippen molar-refractivity contribution in [1.82, 2.24) is 25.2 Å². The molecule has 3 rings (SSSR count). The second kappa shape index (κ2) is 5.15. The van der Waals surface area contributed by atoms with Gasteiger partial charge in [0.2, 0.25) is 0 Å². The summed E-state index contributed by atoms with van der Waals surface area (Å²) >= 11 is 1.64.